The standard InChI is InChI=1S/C28H30N2O7/c1-3-4-12-29-20-9-6-5-8-19(20)28(27(29)34)23(25(32)26(33)30(28)13-7-14-35-2)24(31)18-10-11-21-22(17-18)37-16-15-36-21/h5-6,8-11,17,31H,3-4,7,12-16H2,1-2H3/t28-/m0/s1. The highest BCUT2D eigenvalue weighted by atomic mass is 16.6. The summed E-state index contributed by atoms with van der Waals surface area (Å²) in [5.74, 6) is -1.63. The number of nitrogens with zero attached hydrogens (tertiary/aromatic N) is 2. The molecule has 3 heterocycles. The Morgan fingerprint density at radius 1 is 1.03 bits per heavy atom. The zero-order valence-electron chi connectivity index (χ0n) is 21.0. The number of aliphatic hydroxyl groups excluding tert-OH is 1. The molecule has 0 aliphatic carbocycles. The van der Waals surface area contributed by atoms with E-state index in [1.165, 1.54) is 4.90 Å². The van der Waals surface area contributed by atoms with E-state index in [4.69, 9.17) is 14.2 Å². The quantitative estimate of drug-likeness (QED) is 0.254. The first kappa shape index (κ1) is 24.8. The summed E-state index contributed by atoms with van der Waals surface area (Å²) in [5.41, 5.74) is -0.609. The van der Waals surface area contributed by atoms with E-state index < -0.39 is 28.9 Å². The van der Waals surface area contributed by atoms with Gasteiger partial charge in [-0.05, 0) is 37.1 Å². The highest BCUT2D eigenvalue weighted by Gasteiger charge is 2.66. The second-order valence-electron chi connectivity index (χ2n) is 9.25. The molecule has 0 bridgehead atoms. The van der Waals surface area contributed by atoms with Gasteiger partial charge < -0.3 is 29.1 Å². The van der Waals surface area contributed by atoms with Crippen molar-refractivity contribution in [1.82, 2.24) is 4.90 Å². The number of para-hydroxylation sites is 1. The average molecular weight is 507 g/mol. The molecule has 5 rings (SSSR count). The number of Topliss-reactive ketones (excluding diaryl/α,β-unsaturated/α-hetero) is 1. The van der Waals surface area contributed by atoms with Crippen molar-refractivity contribution < 1.29 is 33.7 Å². The predicted octanol–water partition coefficient (Wildman–Crippen LogP) is 3.22. The Labute approximate surface area is 215 Å². The third kappa shape index (κ3) is 3.76. The molecular formula is C28H30N2O7. The van der Waals surface area contributed by atoms with Crippen molar-refractivity contribution in [2.75, 3.05) is 44.9 Å². The molecule has 9 nitrogen and oxygen atoms in total. The maximum absolute atomic E-state index is 14.4. The molecule has 3 aliphatic heterocycles. The molecular weight excluding hydrogens is 476 g/mol. The van der Waals surface area contributed by atoms with Crippen LogP contribution in [0.4, 0.5) is 5.69 Å². The molecule has 1 atom stereocenters. The number of benzene rings is 2. The molecule has 0 saturated carbocycles. The van der Waals surface area contributed by atoms with E-state index in [0.717, 1.165) is 12.8 Å². The molecule has 2 aromatic rings. The minimum atomic E-state index is -1.77. The van der Waals surface area contributed by atoms with E-state index in [-0.39, 0.29) is 17.7 Å². The Kier molecular flexibility index (Phi) is 6.64. The summed E-state index contributed by atoms with van der Waals surface area (Å²) < 4.78 is 16.4. The summed E-state index contributed by atoms with van der Waals surface area (Å²) in [6, 6.07) is 12.0. The number of ketones is 1. The molecule has 0 unspecified atom stereocenters. The number of aliphatic hydroxyl groups is 1. The lowest BCUT2D eigenvalue weighted by Crippen LogP contribution is -2.52. The summed E-state index contributed by atoms with van der Waals surface area (Å²) in [6.45, 7) is 3.67. The first-order valence-electron chi connectivity index (χ1n) is 12.6. The SMILES string of the molecule is CCCCN1C(=O)[C@@]2(C(=C(O)c3ccc4c(c3)OCCO4)C(=O)C(=O)N2CCCOC)c2ccccc21. The Balaban J connectivity index is 1.74. The Bertz CT molecular complexity index is 1290. The van der Waals surface area contributed by atoms with Crippen LogP contribution in [-0.4, -0.2) is 67.6 Å². The molecule has 0 aromatic heterocycles. The average Bonchev–Trinajstić information content (AvgIpc) is 3.30. The maximum Gasteiger partial charge on any atom is 0.296 e. The van der Waals surface area contributed by atoms with Crippen LogP contribution < -0.4 is 14.4 Å². The van der Waals surface area contributed by atoms with E-state index in [9.17, 15) is 19.5 Å². The molecule has 1 fully saturated rings. The fourth-order valence-corrected chi connectivity index (χ4v) is 5.41. The molecule has 9 heteroatoms. The number of unbranched alkanes of at least 4 members (excludes halogenated alkanes) is 1. The molecule has 2 aromatic carbocycles. The van der Waals surface area contributed by atoms with Crippen LogP contribution >= 0.6 is 0 Å². The maximum atomic E-state index is 14.4. The molecule has 0 radical (unpaired) electrons. The Hall–Kier alpha value is -3.85. The minimum Gasteiger partial charge on any atom is -0.507 e. The van der Waals surface area contributed by atoms with Crippen molar-refractivity contribution in [3.63, 3.8) is 0 Å². The largest absolute Gasteiger partial charge is 0.507 e. The van der Waals surface area contributed by atoms with Crippen LogP contribution in [0.5, 0.6) is 11.5 Å². The first-order valence-corrected chi connectivity index (χ1v) is 12.6. The number of ether oxygens (including phenoxy) is 3. The molecule has 3 aliphatic rings. The second kappa shape index (κ2) is 9.89. The van der Waals surface area contributed by atoms with E-state index in [1.54, 1.807) is 42.3 Å². The number of anilines is 1. The van der Waals surface area contributed by atoms with Crippen LogP contribution in [-0.2, 0) is 24.7 Å². The van der Waals surface area contributed by atoms with Gasteiger partial charge >= 0.3 is 0 Å². The summed E-state index contributed by atoms with van der Waals surface area (Å²) in [5, 5.41) is 11.6. The van der Waals surface area contributed by atoms with Gasteiger partial charge in [0, 0.05) is 37.9 Å². The molecule has 1 N–H and O–H groups in total. The zero-order valence-corrected chi connectivity index (χ0v) is 21.0. The third-order valence-electron chi connectivity index (χ3n) is 7.09. The number of carbonyl (C=O) groups is 3. The molecule has 1 spiro atoms. The predicted molar refractivity (Wildman–Crippen MR) is 136 cm³/mol. The van der Waals surface area contributed by atoms with Gasteiger partial charge in [-0.15, -0.1) is 0 Å². The number of rotatable bonds is 8. The van der Waals surface area contributed by atoms with Gasteiger partial charge in [-0.3, -0.25) is 14.4 Å². The topological polar surface area (TPSA) is 106 Å². The van der Waals surface area contributed by atoms with E-state index in [2.05, 4.69) is 0 Å². The number of amides is 2. The number of carbonyl (C=O) groups excluding carboxylic acids is 3. The van der Waals surface area contributed by atoms with E-state index in [0.29, 0.717) is 55.5 Å². The fraction of sp³-hybridized carbons (Fsp3) is 0.393. The molecule has 194 valence electrons. The number of hydrogen-bond acceptors (Lipinski definition) is 7. The summed E-state index contributed by atoms with van der Waals surface area (Å²) >= 11 is 0. The lowest BCUT2D eigenvalue weighted by molar-refractivity contribution is -0.143. The van der Waals surface area contributed by atoms with Crippen molar-refractivity contribution in [2.45, 2.75) is 31.7 Å². The first-order chi connectivity index (χ1) is 18.0. The normalized spacial score (nSPS) is 21.7. The monoisotopic (exact) mass is 506 g/mol. The Morgan fingerprint density at radius 3 is 2.54 bits per heavy atom. The van der Waals surface area contributed by atoms with Gasteiger partial charge in [-0.1, -0.05) is 31.5 Å². The van der Waals surface area contributed by atoms with Gasteiger partial charge in [0.05, 0.1) is 11.3 Å². The lowest BCUT2D eigenvalue weighted by atomic mass is 9.81. The van der Waals surface area contributed by atoms with E-state index >= 15 is 0 Å². The number of fused-ring (bicyclic) bond motifs is 3. The second-order valence-corrected chi connectivity index (χ2v) is 9.25. The van der Waals surface area contributed by atoms with Crippen molar-refractivity contribution in [2.24, 2.45) is 0 Å². The van der Waals surface area contributed by atoms with Crippen LogP contribution in [0.15, 0.2) is 48.0 Å². The van der Waals surface area contributed by atoms with Crippen LogP contribution in [0.3, 0.4) is 0 Å². The highest BCUT2D eigenvalue weighted by Crippen LogP contribution is 2.54. The zero-order chi connectivity index (χ0) is 26.2. The summed E-state index contributed by atoms with van der Waals surface area (Å²) in [4.78, 5) is 44.4. The molecule has 2 amide bonds. The van der Waals surface area contributed by atoms with Crippen molar-refractivity contribution in [3.8, 4) is 11.5 Å². The van der Waals surface area contributed by atoms with Crippen LogP contribution in [0.1, 0.15) is 37.3 Å². The van der Waals surface area contributed by atoms with Gasteiger partial charge in [-0.25, -0.2) is 0 Å². The van der Waals surface area contributed by atoms with Crippen LogP contribution in [0.25, 0.3) is 5.76 Å². The molecule has 37 heavy (non-hydrogen) atoms. The van der Waals surface area contributed by atoms with Gasteiger partial charge in [0.25, 0.3) is 17.6 Å². The lowest BCUT2D eigenvalue weighted by Gasteiger charge is -2.34. The summed E-state index contributed by atoms with van der Waals surface area (Å²) in [6.07, 6.45) is 2.02. The fourth-order valence-electron chi connectivity index (χ4n) is 5.41. The number of likely N-dealkylation sites (tertiary alicyclic amines) is 1. The van der Waals surface area contributed by atoms with Crippen molar-refractivity contribution >= 4 is 29.0 Å². The summed E-state index contributed by atoms with van der Waals surface area (Å²) in [7, 11) is 1.55. The van der Waals surface area contributed by atoms with E-state index in [1.807, 2.05) is 19.1 Å². The number of hydrogen-bond donors (Lipinski definition) is 1. The van der Waals surface area contributed by atoms with Gasteiger partial charge in [0.1, 0.15) is 19.0 Å². The number of methoxy groups -OCH3 is 1. The third-order valence-corrected chi connectivity index (χ3v) is 7.09. The van der Waals surface area contributed by atoms with Crippen molar-refractivity contribution in [3.05, 3.63) is 59.2 Å². The van der Waals surface area contributed by atoms with Crippen LogP contribution in [0.2, 0.25) is 0 Å². The highest BCUT2D eigenvalue weighted by molar-refractivity contribution is 6.50. The van der Waals surface area contributed by atoms with Gasteiger partial charge in [0.2, 0.25) is 0 Å². The van der Waals surface area contributed by atoms with Crippen LogP contribution in [0, 0.1) is 0 Å². The Morgan fingerprint density at radius 2 is 1.78 bits per heavy atom. The van der Waals surface area contributed by atoms with Crippen molar-refractivity contribution in [1.29, 1.82) is 0 Å². The van der Waals surface area contributed by atoms with Gasteiger partial charge in [-0.2, -0.15) is 0 Å². The minimum absolute atomic E-state index is 0.109. The smallest absolute Gasteiger partial charge is 0.296 e. The van der Waals surface area contributed by atoms with Gasteiger partial charge in [0.15, 0.2) is 17.0 Å². The molecule has 1 saturated heterocycles.